The molecule has 5 aliphatic heterocycles. The Labute approximate surface area is 616 Å². The number of likely N-dealkylation sites (N-methyl/N-ethyl adjacent to an activating group) is 2. The molecule has 0 unspecified atom stereocenters. The molecule has 0 bridgehead atoms. The number of benzene rings is 2. The summed E-state index contributed by atoms with van der Waals surface area (Å²) in [7, 11) is 7.31. The van der Waals surface area contributed by atoms with Crippen LogP contribution in [0.2, 0.25) is 0 Å². The van der Waals surface area contributed by atoms with Crippen molar-refractivity contribution in [3.05, 3.63) is 109 Å². The van der Waals surface area contributed by atoms with Crippen molar-refractivity contribution in [3.63, 3.8) is 0 Å². The van der Waals surface area contributed by atoms with Crippen molar-refractivity contribution in [3.8, 4) is 0 Å². The van der Waals surface area contributed by atoms with Crippen LogP contribution in [0, 0.1) is 29.6 Å². The molecule has 0 radical (unpaired) electrons. The van der Waals surface area contributed by atoms with Gasteiger partial charge in [-0.1, -0.05) is 83.2 Å². The van der Waals surface area contributed by atoms with Crippen LogP contribution in [0.15, 0.2) is 97.6 Å². The van der Waals surface area contributed by atoms with Gasteiger partial charge in [0.1, 0.15) is 29.6 Å². The Kier molecular flexibility index (Phi) is 29.6. The first-order valence-corrected chi connectivity index (χ1v) is 36.1. The maximum atomic E-state index is 17.3. The summed E-state index contributed by atoms with van der Waals surface area (Å²) in [4.78, 5) is 127. The molecule has 4 saturated heterocycles. The second-order valence-corrected chi connectivity index (χ2v) is 30.4. The van der Waals surface area contributed by atoms with Gasteiger partial charge in [-0.05, 0) is 166 Å². The largest absolute Gasteiger partial charge is 0.509 e. The van der Waals surface area contributed by atoms with E-state index in [1.165, 1.54) is 87.5 Å². The maximum absolute atomic E-state index is 17.3. The van der Waals surface area contributed by atoms with Crippen LogP contribution in [-0.2, 0) is 85.6 Å². The zero-order chi connectivity index (χ0) is 78.8. The number of alkyl halides is 2. The van der Waals surface area contributed by atoms with E-state index < -0.39 is 209 Å². The third kappa shape index (κ3) is 20.4. The lowest BCUT2D eigenvalue weighted by atomic mass is 9.73. The molecular formula is C79H112F2N2O22. The number of fused-ring (bicyclic) bond motifs is 1. The summed E-state index contributed by atoms with van der Waals surface area (Å²) in [6, 6.07) is 16.0. The van der Waals surface area contributed by atoms with Crippen LogP contribution in [0.4, 0.5) is 13.6 Å². The molecule has 2 aromatic rings. The van der Waals surface area contributed by atoms with Gasteiger partial charge in [0.2, 0.25) is 0 Å². The molecule has 7 rings (SSSR count). The van der Waals surface area contributed by atoms with Gasteiger partial charge in [-0.2, -0.15) is 0 Å². The maximum Gasteiger partial charge on any atom is 0.509 e. The molecule has 26 heteroatoms. The van der Waals surface area contributed by atoms with E-state index >= 15 is 8.78 Å². The summed E-state index contributed by atoms with van der Waals surface area (Å²) in [6.07, 6.45) is -9.03. The molecule has 584 valence electrons. The van der Waals surface area contributed by atoms with Crippen LogP contribution in [0.25, 0.3) is 0 Å². The van der Waals surface area contributed by atoms with E-state index in [2.05, 4.69) is 13.2 Å². The van der Waals surface area contributed by atoms with Gasteiger partial charge in [-0.25, -0.2) is 23.2 Å². The van der Waals surface area contributed by atoms with Crippen molar-refractivity contribution in [1.82, 2.24) is 9.80 Å². The molecular weight excluding hydrogens is 1370 g/mol. The third-order valence-corrected chi connectivity index (χ3v) is 20.9. The number of ether oxygens (including phenoxy) is 12. The van der Waals surface area contributed by atoms with Crippen molar-refractivity contribution in [2.24, 2.45) is 29.6 Å². The van der Waals surface area contributed by atoms with E-state index in [-0.39, 0.29) is 31.6 Å². The number of Topliss-reactive ketones (excluding diaryl/α,β-unsaturated/α-hetero) is 4. The fourth-order valence-electron chi connectivity index (χ4n) is 15.4. The highest BCUT2D eigenvalue weighted by atomic mass is 19.1. The first-order valence-electron chi connectivity index (χ1n) is 36.1. The van der Waals surface area contributed by atoms with Crippen LogP contribution in [0.3, 0.4) is 0 Å². The van der Waals surface area contributed by atoms with E-state index in [4.69, 9.17) is 56.8 Å². The van der Waals surface area contributed by atoms with Crippen molar-refractivity contribution in [1.29, 1.82) is 0 Å². The SMILES string of the molecule is C=CCO[C@]1(C)C[C@](C)(F)C(=O)/C(C)=C/[C@](C)(O)[C@@H](CC)OC(=O)[C@H](C)C(=O)[C@H](C)[C@H]1O[C@@H]1O[C@H](C)C[C@H](N(C)C)[C@H]1OC(=O)c1ccccc1.C=CCO[C@]1(C)C[C@](C)(F)C(=O)[C@H](C)[C@H]2OC(=O)O[C@]2(C)[C@@H](CC)OC(=O)[C@H](C)C(=O)[C@H](C)[C@H]1O[C@@H]1O[C@H](C)C[C@H](N(C)C)[C@H]1OC(=O)c1ccccc1. The lowest BCUT2D eigenvalue weighted by Gasteiger charge is -2.48. The molecule has 0 saturated carbocycles. The van der Waals surface area contributed by atoms with Crippen LogP contribution < -0.4 is 0 Å². The average molecular weight is 1480 g/mol. The number of rotatable bonds is 18. The molecule has 0 spiro atoms. The van der Waals surface area contributed by atoms with E-state index in [1.807, 2.05) is 51.8 Å². The molecule has 24 atom stereocenters. The van der Waals surface area contributed by atoms with Crippen molar-refractivity contribution < 1.29 is 114 Å². The molecule has 5 heterocycles. The quantitative estimate of drug-likeness (QED) is 0.0628. The fraction of sp³-hybridized carbons (Fsp3) is 0.658. The number of carbonyl (C=O) groups excluding carboxylic acids is 9. The van der Waals surface area contributed by atoms with E-state index in [0.717, 1.165) is 13.8 Å². The Morgan fingerprint density at radius 2 is 0.981 bits per heavy atom. The van der Waals surface area contributed by atoms with Crippen LogP contribution >= 0.6 is 0 Å². The van der Waals surface area contributed by atoms with Crippen LogP contribution in [0.5, 0.6) is 0 Å². The van der Waals surface area contributed by atoms with Gasteiger partial charge >= 0.3 is 30.0 Å². The third-order valence-electron chi connectivity index (χ3n) is 20.9. The number of nitrogens with zero attached hydrogens (tertiary/aromatic N) is 2. The van der Waals surface area contributed by atoms with Gasteiger partial charge in [0.15, 0.2) is 71.0 Å². The lowest BCUT2D eigenvalue weighted by molar-refractivity contribution is -0.297. The number of cyclic esters (lactones) is 2. The minimum atomic E-state index is -2.67. The van der Waals surface area contributed by atoms with Gasteiger partial charge in [0.05, 0.1) is 78.0 Å². The normalized spacial score (nSPS) is 38.9. The average Bonchev–Trinajstić information content (AvgIpc) is 1.73. The molecule has 105 heavy (non-hydrogen) atoms. The lowest BCUT2D eigenvalue weighted by Crippen LogP contribution is -2.62. The minimum Gasteiger partial charge on any atom is -0.458 e. The second-order valence-electron chi connectivity index (χ2n) is 30.4. The predicted octanol–water partition coefficient (Wildman–Crippen LogP) is 10.6. The number of esters is 4. The molecule has 2 aromatic carbocycles. The molecule has 1 N–H and O–H groups in total. The van der Waals surface area contributed by atoms with E-state index in [9.17, 15) is 48.3 Å². The second kappa shape index (κ2) is 35.8. The van der Waals surface area contributed by atoms with Crippen molar-refractivity contribution >= 4 is 53.2 Å². The number of allylic oxidation sites excluding steroid dienone is 1. The zero-order valence-electron chi connectivity index (χ0n) is 64.6. The Balaban J connectivity index is 0.000000330. The van der Waals surface area contributed by atoms with Crippen LogP contribution in [-0.4, -0.2) is 223 Å². The van der Waals surface area contributed by atoms with Crippen LogP contribution in [0.1, 0.15) is 170 Å². The van der Waals surface area contributed by atoms with Gasteiger partial charge < -0.3 is 71.7 Å². The van der Waals surface area contributed by atoms with Crippen molar-refractivity contribution in [2.45, 2.75) is 263 Å². The number of hydrogen-bond acceptors (Lipinski definition) is 24. The first kappa shape index (κ1) is 86.9. The van der Waals surface area contributed by atoms with Gasteiger partial charge in [-0.3, -0.25) is 28.8 Å². The molecule has 0 aromatic heterocycles. The van der Waals surface area contributed by atoms with E-state index in [1.54, 1.807) is 74.5 Å². The number of aliphatic hydroxyl groups is 1. The Morgan fingerprint density at radius 3 is 1.36 bits per heavy atom. The Morgan fingerprint density at radius 1 is 0.590 bits per heavy atom. The highest BCUT2D eigenvalue weighted by Crippen LogP contribution is 2.46. The predicted molar refractivity (Wildman–Crippen MR) is 382 cm³/mol. The standard InChI is InChI=1S/C40H56FNO12.C39H56FNO10/c1-12-19-48-39(8)21-38(7,41)31(44)25(6)33-40(9,54-37(47)53-33)28(13-2)50-34(45)24(5)29(43)23(4)32(39)52-36-30(27(42(10)11)20-22(3)49-36)51-35(46)26-17-15-14-16-18-26;1-12-19-47-39(9)22-37(7,40)32(43)23(3)21-38(8,46)29(13-2)49-34(44)26(6)30(42)25(5)33(39)51-36-31(28(41(10)11)20-24(4)48-36)50-35(45)27-17-15-14-16-18-27/h12,14-18,22-25,27-28,30,32-33,36H,1,13,19-21H2,2-11H3;12,14-18,21,24-26,28-29,31,33,36,46H,1,13,19-20,22H2,2-11H3/b;23-21+/t22-,23+,24-,25+,27+,28-,30-,32-,33-,36+,38+,39-,40-;24-,25+,26-,28+,29-,31-,33-,36+,37+,38+,39-/m11/s1. The Hall–Kier alpha value is -7.01. The number of carbonyl (C=O) groups is 9. The topological polar surface area (TPSA) is 291 Å². The molecule has 5 aliphatic rings. The molecule has 0 aliphatic carbocycles. The monoisotopic (exact) mass is 1480 g/mol. The highest BCUT2D eigenvalue weighted by Gasteiger charge is 2.62. The summed E-state index contributed by atoms with van der Waals surface area (Å²) in [5, 5.41) is 11.3. The summed E-state index contributed by atoms with van der Waals surface area (Å²) in [5.74, 6) is -12.6. The summed E-state index contributed by atoms with van der Waals surface area (Å²) in [6.45, 7) is 30.9. The minimum absolute atomic E-state index is 0.0941. The Bertz CT molecular complexity index is 3440. The smallest absolute Gasteiger partial charge is 0.458 e. The van der Waals surface area contributed by atoms with Gasteiger partial charge in [0, 0.05) is 24.7 Å². The molecule has 4 fully saturated rings. The van der Waals surface area contributed by atoms with Crippen molar-refractivity contribution in [2.75, 3.05) is 41.4 Å². The molecule has 0 amide bonds. The summed E-state index contributed by atoms with van der Waals surface area (Å²) >= 11 is 0. The highest BCUT2D eigenvalue weighted by molar-refractivity contribution is 6.02. The summed E-state index contributed by atoms with van der Waals surface area (Å²) in [5.41, 5.74) is -11.8. The fourth-order valence-corrected chi connectivity index (χ4v) is 15.4. The zero-order valence-corrected chi connectivity index (χ0v) is 64.6. The molecule has 24 nitrogen and oxygen atoms in total. The number of hydrogen-bond donors (Lipinski definition) is 1. The summed E-state index contributed by atoms with van der Waals surface area (Å²) < 4.78 is 107. The van der Waals surface area contributed by atoms with E-state index in [0.29, 0.717) is 24.0 Å². The van der Waals surface area contributed by atoms with Gasteiger partial charge in [0.25, 0.3) is 0 Å². The number of halogens is 2. The van der Waals surface area contributed by atoms with Gasteiger partial charge in [-0.15, -0.1) is 13.2 Å². The number of ketones is 4. The first-order chi connectivity index (χ1) is 48.9.